The van der Waals surface area contributed by atoms with Crippen LogP contribution in [0.15, 0.2) is 42.5 Å². The van der Waals surface area contributed by atoms with E-state index < -0.39 is 0 Å². The van der Waals surface area contributed by atoms with Crippen molar-refractivity contribution in [1.82, 2.24) is 0 Å². The summed E-state index contributed by atoms with van der Waals surface area (Å²) >= 11 is 2.22. The summed E-state index contributed by atoms with van der Waals surface area (Å²) in [6.45, 7) is 4.44. The van der Waals surface area contributed by atoms with Crippen molar-refractivity contribution in [1.29, 1.82) is 0 Å². The van der Waals surface area contributed by atoms with Crippen LogP contribution in [0.25, 0.3) is 0 Å². The number of hydrogen-bond donors (Lipinski definition) is 0. The maximum Gasteiger partial charge on any atom is 0.196 e. The van der Waals surface area contributed by atoms with Crippen LogP contribution in [-0.2, 0) is 0 Å². The highest BCUT2D eigenvalue weighted by atomic mass is 127. The lowest BCUT2D eigenvalue weighted by atomic mass is 10.0. The first-order valence-corrected chi connectivity index (χ1v) is 7.23. The van der Waals surface area contributed by atoms with E-state index in [0.717, 1.165) is 9.13 Å². The quantitative estimate of drug-likeness (QED) is 0.598. The molecule has 0 aliphatic rings. The SMILES string of the molecule is CCOc1ccc(C)cc1C(=O)c1ccc(I)cc1. The minimum atomic E-state index is 0.00329. The summed E-state index contributed by atoms with van der Waals surface area (Å²) in [4.78, 5) is 12.5. The third-order valence-corrected chi connectivity index (χ3v) is 3.51. The van der Waals surface area contributed by atoms with Crippen LogP contribution in [0.5, 0.6) is 5.75 Å². The van der Waals surface area contributed by atoms with Crippen molar-refractivity contribution in [3.8, 4) is 5.75 Å². The zero-order valence-electron chi connectivity index (χ0n) is 10.9. The highest BCUT2D eigenvalue weighted by molar-refractivity contribution is 14.1. The maximum atomic E-state index is 12.5. The molecule has 0 bridgehead atoms. The average molecular weight is 366 g/mol. The second-order valence-corrected chi connectivity index (χ2v) is 5.51. The van der Waals surface area contributed by atoms with E-state index in [9.17, 15) is 4.79 Å². The summed E-state index contributed by atoms with van der Waals surface area (Å²) in [5.74, 6) is 0.653. The summed E-state index contributed by atoms with van der Waals surface area (Å²) < 4.78 is 6.65. The molecule has 2 nitrogen and oxygen atoms in total. The number of carbonyl (C=O) groups excluding carboxylic acids is 1. The van der Waals surface area contributed by atoms with Gasteiger partial charge in [0.25, 0.3) is 0 Å². The Morgan fingerprint density at radius 2 is 1.84 bits per heavy atom. The first-order valence-electron chi connectivity index (χ1n) is 6.15. The molecular formula is C16H15IO2. The minimum Gasteiger partial charge on any atom is -0.493 e. The summed E-state index contributed by atoms with van der Waals surface area (Å²) in [6.07, 6.45) is 0. The smallest absolute Gasteiger partial charge is 0.196 e. The number of hydrogen-bond acceptors (Lipinski definition) is 2. The number of halogens is 1. The highest BCUT2D eigenvalue weighted by Crippen LogP contribution is 2.23. The molecule has 0 N–H and O–H groups in total. The van der Waals surface area contributed by atoms with Crippen molar-refractivity contribution in [2.75, 3.05) is 6.61 Å². The van der Waals surface area contributed by atoms with E-state index in [1.54, 1.807) is 0 Å². The van der Waals surface area contributed by atoms with Gasteiger partial charge in [-0.2, -0.15) is 0 Å². The van der Waals surface area contributed by atoms with Crippen molar-refractivity contribution < 1.29 is 9.53 Å². The molecule has 0 atom stereocenters. The zero-order valence-corrected chi connectivity index (χ0v) is 13.1. The third-order valence-electron chi connectivity index (χ3n) is 2.79. The summed E-state index contributed by atoms with van der Waals surface area (Å²) in [5, 5.41) is 0. The molecule has 2 aromatic carbocycles. The molecule has 0 saturated heterocycles. The van der Waals surface area contributed by atoms with E-state index >= 15 is 0 Å². The largest absolute Gasteiger partial charge is 0.493 e. The van der Waals surface area contributed by atoms with Crippen LogP contribution in [-0.4, -0.2) is 12.4 Å². The van der Waals surface area contributed by atoms with Crippen LogP contribution in [0.2, 0.25) is 0 Å². The number of carbonyl (C=O) groups is 1. The van der Waals surface area contributed by atoms with Crippen LogP contribution >= 0.6 is 22.6 Å². The van der Waals surface area contributed by atoms with Gasteiger partial charge in [0.2, 0.25) is 0 Å². The lowest BCUT2D eigenvalue weighted by Crippen LogP contribution is -2.06. The summed E-state index contributed by atoms with van der Waals surface area (Å²) in [5.41, 5.74) is 2.37. The van der Waals surface area contributed by atoms with Gasteiger partial charge in [-0.1, -0.05) is 11.6 Å². The van der Waals surface area contributed by atoms with E-state index in [-0.39, 0.29) is 5.78 Å². The molecule has 0 amide bonds. The van der Waals surface area contributed by atoms with E-state index in [0.29, 0.717) is 23.5 Å². The van der Waals surface area contributed by atoms with Gasteiger partial charge in [0.15, 0.2) is 5.78 Å². The fourth-order valence-electron chi connectivity index (χ4n) is 1.86. The van der Waals surface area contributed by atoms with E-state index in [1.807, 2.05) is 56.3 Å². The van der Waals surface area contributed by atoms with E-state index in [1.165, 1.54) is 0 Å². The fourth-order valence-corrected chi connectivity index (χ4v) is 2.22. The molecule has 0 aliphatic carbocycles. The molecule has 0 saturated carbocycles. The van der Waals surface area contributed by atoms with Gasteiger partial charge >= 0.3 is 0 Å². The lowest BCUT2D eigenvalue weighted by Gasteiger charge is -2.10. The molecule has 0 aliphatic heterocycles. The fraction of sp³-hybridized carbons (Fsp3) is 0.188. The number of ether oxygens (including phenoxy) is 1. The maximum absolute atomic E-state index is 12.5. The van der Waals surface area contributed by atoms with Gasteiger partial charge < -0.3 is 4.74 Å². The first-order chi connectivity index (χ1) is 9.11. The molecule has 0 heterocycles. The Bertz CT molecular complexity index is 588. The second-order valence-electron chi connectivity index (χ2n) is 4.27. The van der Waals surface area contributed by atoms with Crippen LogP contribution in [0.3, 0.4) is 0 Å². The Labute approximate surface area is 126 Å². The van der Waals surface area contributed by atoms with Crippen LogP contribution in [0, 0.1) is 10.5 Å². The van der Waals surface area contributed by atoms with Gasteiger partial charge in [-0.3, -0.25) is 4.79 Å². The third kappa shape index (κ3) is 3.35. The molecule has 0 spiro atoms. The van der Waals surface area contributed by atoms with Crippen molar-refractivity contribution in [2.45, 2.75) is 13.8 Å². The molecule has 98 valence electrons. The standard InChI is InChI=1S/C16H15IO2/c1-3-19-15-9-4-11(2)10-14(15)16(18)12-5-7-13(17)8-6-12/h4-10H,3H2,1-2H3. The average Bonchev–Trinajstić information content (AvgIpc) is 2.41. The number of aryl methyl sites for hydroxylation is 1. The molecule has 2 aromatic rings. The first kappa shape index (κ1) is 14.1. The van der Waals surface area contributed by atoms with Crippen LogP contribution in [0.1, 0.15) is 28.4 Å². The minimum absolute atomic E-state index is 0.00329. The van der Waals surface area contributed by atoms with Crippen LogP contribution in [0.4, 0.5) is 0 Å². The Morgan fingerprint density at radius 1 is 1.16 bits per heavy atom. The normalized spacial score (nSPS) is 10.3. The van der Waals surface area contributed by atoms with Gasteiger partial charge in [0, 0.05) is 9.13 Å². The summed E-state index contributed by atoms with van der Waals surface area (Å²) in [6, 6.07) is 13.3. The van der Waals surface area contributed by atoms with E-state index in [2.05, 4.69) is 22.6 Å². The number of benzene rings is 2. The van der Waals surface area contributed by atoms with Gasteiger partial charge in [-0.25, -0.2) is 0 Å². The molecule has 0 radical (unpaired) electrons. The number of rotatable bonds is 4. The van der Waals surface area contributed by atoms with Gasteiger partial charge in [-0.15, -0.1) is 0 Å². The molecule has 2 rings (SSSR count). The highest BCUT2D eigenvalue weighted by Gasteiger charge is 2.14. The van der Waals surface area contributed by atoms with E-state index in [4.69, 9.17) is 4.74 Å². The van der Waals surface area contributed by atoms with Crippen molar-refractivity contribution in [3.63, 3.8) is 0 Å². The Kier molecular flexibility index (Phi) is 4.58. The predicted molar refractivity (Wildman–Crippen MR) is 84.9 cm³/mol. The molecular weight excluding hydrogens is 351 g/mol. The van der Waals surface area contributed by atoms with Crippen LogP contribution < -0.4 is 4.74 Å². The molecule has 0 aromatic heterocycles. The Hall–Kier alpha value is -1.36. The van der Waals surface area contributed by atoms with Gasteiger partial charge in [-0.05, 0) is 72.8 Å². The van der Waals surface area contributed by atoms with Gasteiger partial charge in [0.05, 0.1) is 12.2 Å². The summed E-state index contributed by atoms with van der Waals surface area (Å²) in [7, 11) is 0. The molecule has 0 fully saturated rings. The lowest BCUT2D eigenvalue weighted by molar-refractivity contribution is 0.103. The topological polar surface area (TPSA) is 26.3 Å². The van der Waals surface area contributed by atoms with Crippen molar-refractivity contribution in [2.24, 2.45) is 0 Å². The number of ketones is 1. The zero-order chi connectivity index (χ0) is 13.8. The monoisotopic (exact) mass is 366 g/mol. The molecule has 19 heavy (non-hydrogen) atoms. The van der Waals surface area contributed by atoms with Crippen molar-refractivity contribution in [3.05, 3.63) is 62.7 Å². The molecule has 0 unspecified atom stereocenters. The predicted octanol–water partition coefficient (Wildman–Crippen LogP) is 4.23. The second kappa shape index (κ2) is 6.19. The molecule has 3 heteroatoms. The Morgan fingerprint density at radius 3 is 2.47 bits per heavy atom. The van der Waals surface area contributed by atoms with Gasteiger partial charge in [0.1, 0.15) is 5.75 Å². The van der Waals surface area contributed by atoms with Crippen molar-refractivity contribution >= 4 is 28.4 Å². The Balaban J connectivity index is 2.42.